The fourth-order valence-electron chi connectivity index (χ4n) is 3.42. The number of aromatic nitrogens is 1. The number of hydrogen-bond donors (Lipinski definition) is 2. The molecule has 2 heterocycles. The molecule has 0 saturated carbocycles. The van der Waals surface area contributed by atoms with Crippen LogP contribution in [-0.4, -0.2) is 11.5 Å². The van der Waals surface area contributed by atoms with E-state index < -0.39 is 0 Å². The van der Waals surface area contributed by atoms with Crippen molar-refractivity contribution in [3.05, 3.63) is 69.6 Å². The summed E-state index contributed by atoms with van der Waals surface area (Å²) in [7, 11) is 0. The maximum Gasteiger partial charge on any atom is 0.123 e. The molecule has 1 aliphatic rings. The van der Waals surface area contributed by atoms with E-state index in [1.807, 2.05) is 31.2 Å². The van der Waals surface area contributed by atoms with Gasteiger partial charge in [-0.05, 0) is 60.4 Å². The Balaban J connectivity index is 1.90. The van der Waals surface area contributed by atoms with Crippen LogP contribution in [0.4, 0.5) is 4.39 Å². The van der Waals surface area contributed by atoms with E-state index in [0.717, 1.165) is 40.3 Å². The lowest BCUT2D eigenvalue weighted by Gasteiger charge is -2.25. The van der Waals surface area contributed by atoms with Crippen LogP contribution in [0, 0.1) is 12.7 Å². The smallest absolute Gasteiger partial charge is 0.123 e. The molecule has 0 saturated heterocycles. The van der Waals surface area contributed by atoms with E-state index in [0.29, 0.717) is 0 Å². The lowest BCUT2D eigenvalue weighted by atomic mass is 9.93. The third-order valence-corrected chi connectivity index (χ3v) is 4.55. The number of nitrogens with one attached hydrogen (secondary N) is 2. The fraction of sp³-hybridized carbons (Fsp3) is 0.222. The van der Waals surface area contributed by atoms with Crippen LogP contribution in [0.15, 0.2) is 36.4 Å². The average molecular weight is 315 g/mol. The van der Waals surface area contributed by atoms with Gasteiger partial charge in [-0.1, -0.05) is 17.7 Å². The zero-order valence-corrected chi connectivity index (χ0v) is 13.0. The summed E-state index contributed by atoms with van der Waals surface area (Å²) < 4.78 is 13.8. The van der Waals surface area contributed by atoms with Crippen molar-refractivity contribution in [1.29, 1.82) is 0 Å². The Bertz CT molecular complexity index is 849. The van der Waals surface area contributed by atoms with Crippen molar-refractivity contribution in [1.82, 2.24) is 10.3 Å². The molecule has 2 aromatic carbocycles. The van der Waals surface area contributed by atoms with Gasteiger partial charge < -0.3 is 10.3 Å². The molecule has 4 rings (SSSR count). The van der Waals surface area contributed by atoms with Gasteiger partial charge >= 0.3 is 0 Å². The Morgan fingerprint density at radius 2 is 2.05 bits per heavy atom. The number of benzene rings is 2. The van der Waals surface area contributed by atoms with Crippen LogP contribution >= 0.6 is 11.6 Å². The molecule has 112 valence electrons. The third kappa shape index (κ3) is 2.21. The number of rotatable bonds is 1. The highest BCUT2D eigenvalue weighted by molar-refractivity contribution is 6.31. The lowest BCUT2D eigenvalue weighted by Crippen LogP contribution is -2.30. The molecule has 1 aliphatic heterocycles. The van der Waals surface area contributed by atoms with Gasteiger partial charge in [-0.25, -0.2) is 4.39 Å². The average Bonchev–Trinajstić information content (AvgIpc) is 2.84. The second-order valence-electron chi connectivity index (χ2n) is 5.91. The largest absolute Gasteiger partial charge is 0.357 e. The molecule has 0 spiro atoms. The summed E-state index contributed by atoms with van der Waals surface area (Å²) in [5.41, 5.74) is 5.37. The molecule has 1 unspecified atom stereocenters. The Morgan fingerprint density at radius 1 is 1.18 bits per heavy atom. The van der Waals surface area contributed by atoms with Gasteiger partial charge in [-0.15, -0.1) is 0 Å². The summed E-state index contributed by atoms with van der Waals surface area (Å²) in [5.74, 6) is -0.192. The molecule has 3 aromatic rings. The molecule has 0 bridgehead atoms. The third-order valence-electron chi connectivity index (χ3n) is 4.31. The minimum absolute atomic E-state index is 0.00988. The first-order chi connectivity index (χ1) is 10.6. The Hall–Kier alpha value is -1.84. The van der Waals surface area contributed by atoms with Gasteiger partial charge in [0.2, 0.25) is 0 Å². The molecule has 2 N–H and O–H groups in total. The van der Waals surface area contributed by atoms with Gasteiger partial charge in [0.25, 0.3) is 0 Å². The maximum atomic E-state index is 13.8. The summed E-state index contributed by atoms with van der Waals surface area (Å²) >= 11 is 6.13. The summed E-state index contributed by atoms with van der Waals surface area (Å²) in [6.45, 7) is 2.79. The summed E-state index contributed by atoms with van der Waals surface area (Å²) in [6, 6.07) is 11.1. The molecule has 0 aliphatic carbocycles. The van der Waals surface area contributed by atoms with E-state index in [1.165, 1.54) is 10.9 Å². The minimum Gasteiger partial charge on any atom is -0.357 e. The van der Waals surface area contributed by atoms with Gasteiger partial charge in [-0.2, -0.15) is 0 Å². The molecule has 22 heavy (non-hydrogen) atoms. The van der Waals surface area contributed by atoms with Gasteiger partial charge in [0.1, 0.15) is 5.82 Å². The Kier molecular flexibility index (Phi) is 3.21. The summed E-state index contributed by atoms with van der Waals surface area (Å²) in [5, 5.41) is 5.40. The molecule has 4 heteroatoms. The molecular weight excluding hydrogens is 299 g/mol. The Labute approximate surface area is 133 Å². The fourth-order valence-corrected chi connectivity index (χ4v) is 3.59. The molecule has 0 fully saturated rings. The van der Waals surface area contributed by atoms with Crippen molar-refractivity contribution < 1.29 is 4.39 Å². The first-order valence-corrected chi connectivity index (χ1v) is 7.80. The maximum absolute atomic E-state index is 13.8. The standard InChI is InChI=1S/C18H16ClFN2/c1-10-6-11(8-13(20)7-10)17-18-14(4-5-21-17)15-9-12(19)2-3-16(15)22-18/h2-3,6-9,17,21-22H,4-5H2,1H3. The monoisotopic (exact) mass is 314 g/mol. The number of H-pyrrole nitrogens is 1. The first kappa shape index (κ1) is 13.8. The van der Waals surface area contributed by atoms with Crippen LogP contribution in [0.3, 0.4) is 0 Å². The van der Waals surface area contributed by atoms with Crippen LogP contribution in [0.5, 0.6) is 0 Å². The van der Waals surface area contributed by atoms with Crippen molar-refractivity contribution in [2.45, 2.75) is 19.4 Å². The number of hydrogen-bond acceptors (Lipinski definition) is 1. The van der Waals surface area contributed by atoms with Crippen molar-refractivity contribution in [3.8, 4) is 0 Å². The van der Waals surface area contributed by atoms with Crippen LogP contribution in [0.1, 0.15) is 28.4 Å². The van der Waals surface area contributed by atoms with E-state index >= 15 is 0 Å². The van der Waals surface area contributed by atoms with E-state index in [4.69, 9.17) is 11.6 Å². The van der Waals surface area contributed by atoms with E-state index in [-0.39, 0.29) is 11.9 Å². The molecule has 1 atom stereocenters. The molecule has 1 aromatic heterocycles. The highest BCUT2D eigenvalue weighted by Crippen LogP contribution is 2.34. The first-order valence-electron chi connectivity index (χ1n) is 7.42. The lowest BCUT2D eigenvalue weighted by molar-refractivity contribution is 0.553. The highest BCUT2D eigenvalue weighted by Gasteiger charge is 2.25. The zero-order valence-electron chi connectivity index (χ0n) is 12.2. The van der Waals surface area contributed by atoms with Gasteiger partial charge in [0.05, 0.1) is 6.04 Å². The SMILES string of the molecule is Cc1cc(F)cc(C2NCCc3c2[nH]c2ccc(Cl)cc32)c1. The van der Waals surface area contributed by atoms with Crippen molar-refractivity contribution in [3.63, 3.8) is 0 Å². The van der Waals surface area contributed by atoms with Gasteiger partial charge in [-0.3, -0.25) is 0 Å². The number of fused-ring (bicyclic) bond motifs is 3. The quantitative estimate of drug-likeness (QED) is 0.680. The summed E-state index contributed by atoms with van der Waals surface area (Å²) in [6.07, 6.45) is 0.945. The second-order valence-corrected chi connectivity index (χ2v) is 6.34. The molecule has 2 nitrogen and oxygen atoms in total. The van der Waals surface area contributed by atoms with Gasteiger partial charge in [0.15, 0.2) is 0 Å². The predicted octanol–water partition coefficient (Wildman–Crippen LogP) is 4.50. The highest BCUT2D eigenvalue weighted by atomic mass is 35.5. The number of aromatic amines is 1. The Morgan fingerprint density at radius 3 is 2.86 bits per heavy atom. The zero-order chi connectivity index (χ0) is 15.3. The molecular formula is C18H16ClFN2. The predicted molar refractivity (Wildman–Crippen MR) is 88.0 cm³/mol. The number of halogens is 2. The van der Waals surface area contributed by atoms with Crippen LogP contribution in [0.2, 0.25) is 5.02 Å². The van der Waals surface area contributed by atoms with Crippen LogP contribution in [0.25, 0.3) is 10.9 Å². The van der Waals surface area contributed by atoms with Crippen molar-refractivity contribution in [2.75, 3.05) is 6.54 Å². The van der Waals surface area contributed by atoms with Crippen LogP contribution < -0.4 is 5.32 Å². The van der Waals surface area contributed by atoms with Crippen molar-refractivity contribution >= 4 is 22.5 Å². The summed E-state index contributed by atoms with van der Waals surface area (Å²) in [4.78, 5) is 3.49. The normalized spacial score (nSPS) is 17.7. The van der Waals surface area contributed by atoms with Crippen LogP contribution in [-0.2, 0) is 6.42 Å². The van der Waals surface area contributed by atoms with E-state index in [2.05, 4.69) is 10.3 Å². The topological polar surface area (TPSA) is 27.8 Å². The van der Waals surface area contributed by atoms with Crippen molar-refractivity contribution in [2.24, 2.45) is 0 Å². The van der Waals surface area contributed by atoms with Gasteiger partial charge in [0, 0.05) is 28.2 Å². The van der Waals surface area contributed by atoms with E-state index in [1.54, 1.807) is 12.1 Å². The molecule has 0 radical (unpaired) electrons. The second kappa shape index (κ2) is 5.11. The minimum atomic E-state index is -0.192. The van der Waals surface area contributed by atoms with E-state index in [9.17, 15) is 4.39 Å². The molecule has 0 amide bonds. The number of aryl methyl sites for hydroxylation is 1.